The van der Waals surface area contributed by atoms with E-state index < -0.39 is 40.5 Å². The normalized spacial score (nSPS) is 20.1. The Morgan fingerprint density at radius 1 is 1.27 bits per heavy atom. The van der Waals surface area contributed by atoms with Crippen molar-refractivity contribution >= 4 is 54.7 Å². The Bertz CT molecular complexity index is 1990. The van der Waals surface area contributed by atoms with E-state index >= 15 is 4.39 Å². The number of ether oxygens (including phenoxy) is 1. The van der Waals surface area contributed by atoms with Gasteiger partial charge in [0.2, 0.25) is 11.6 Å². The number of carbonyl (C=O) groups excluding carboxylic acids is 1. The number of thiophene rings is 1. The van der Waals surface area contributed by atoms with E-state index in [1.54, 1.807) is 16.8 Å². The third-order valence-electron chi connectivity index (χ3n) is 9.45. The van der Waals surface area contributed by atoms with Gasteiger partial charge < -0.3 is 25.2 Å². The van der Waals surface area contributed by atoms with Crippen molar-refractivity contribution in [1.29, 1.82) is 0 Å². The molecule has 0 spiro atoms. The highest BCUT2D eigenvalue weighted by molar-refractivity contribution is 7.23. The minimum absolute atomic E-state index is 0.0126. The van der Waals surface area contributed by atoms with Crippen molar-refractivity contribution in [1.82, 2.24) is 19.8 Å². The van der Waals surface area contributed by atoms with Gasteiger partial charge in [0.1, 0.15) is 23.8 Å². The number of carbonyl (C=O) groups is 1. The fraction of sp³-hybridized carbons (Fsp3) is 0.394. The first-order valence-corrected chi connectivity index (χ1v) is 16.1. The molecule has 0 bridgehead atoms. The van der Waals surface area contributed by atoms with Gasteiger partial charge in [0.05, 0.1) is 27.9 Å². The summed E-state index contributed by atoms with van der Waals surface area (Å²) in [5, 5.41) is -0.546. The minimum atomic E-state index is -5.09. The summed E-state index contributed by atoms with van der Waals surface area (Å²) in [7, 11) is 3.57. The van der Waals surface area contributed by atoms with Crippen LogP contribution in [0.5, 0.6) is 6.01 Å². The van der Waals surface area contributed by atoms with Crippen molar-refractivity contribution in [3.63, 3.8) is 0 Å². The molecule has 2 aromatic heterocycles. The molecule has 4 aromatic rings. The first kappa shape index (κ1) is 33.4. The number of likely N-dealkylation sites (tertiary alicyclic amines) is 2. The summed E-state index contributed by atoms with van der Waals surface area (Å²) in [5.74, 6) is -2.44. The number of anilines is 2. The minimum Gasteiger partial charge on any atom is -0.462 e. The topological polar surface area (TPSA) is 92.2 Å². The lowest BCUT2D eigenvalue weighted by molar-refractivity contribution is -0.137. The van der Waals surface area contributed by atoms with E-state index in [1.165, 1.54) is 6.08 Å². The maximum atomic E-state index is 17.0. The van der Waals surface area contributed by atoms with Crippen molar-refractivity contribution in [2.24, 2.45) is 0 Å². The summed E-state index contributed by atoms with van der Waals surface area (Å²) < 4.78 is 82.5. The molecule has 2 aromatic carbocycles. The van der Waals surface area contributed by atoms with Crippen LogP contribution in [0, 0.1) is 18.2 Å². The highest BCUT2D eigenvalue weighted by Crippen LogP contribution is 2.50. The number of halogens is 5. The quantitative estimate of drug-likeness (QED) is 0.127. The van der Waals surface area contributed by atoms with Gasteiger partial charge >= 0.3 is 12.2 Å². The van der Waals surface area contributed by atoms with E-state index in [9.17, 15) is 22.4 Å². The van der Waals surface area contributed by atoms with Crippen molar-refractivity contribution < 1.29 is 31.5 Å². The molecule has 3 atom stereocenters. The first-order chi connectivity index (χ1) is 22.8. The molecular weight excluding hydrogens is 653 g/mol. The molecule has 2 aliphatic rings. The summed E-state index contributed by atoms with van der Waals surface area (Å²) in [5.41, 5.74) is 2.65. The van der Waals surface area contributed by atoms with E-state index in [0.717, 1.165) is 37.6 Å². The second-order valence-corrected chi connectivity index (χ2v) is 13.1. The molecule has 1 amide bonds. The molecule has 0 saturated carbocycles. The summed E-state index contributed by atoms with van der Waals surface area (Å²) in [6.07, 6.45) is -1.61. The number of hydrogen-bond acceptors (Lipinski definition) is 8. The van der Waals surface area contributed by atoms with Crippen LogP contribution in [0.4, 0.5) is 38.5 Å². The molecule has 15 heteroatoms. The van der Waals surface area contributed by atoms with Gasteiger partial charge in [0.25, 0.3) is 0 Å². The molecule has 0 aliphatic carbocycles. The van der Waals surface area contributed by atoms with Crippen molar-refractivity contribution in [2.75, 3.05) is 44.4 Å². The fourth-order valence-electron chi connectivity index (χ4n) is 6.89. The first-order valence-electron chi connectivity index (χ1n) is 15.2. The largest absolute Gasteiger partial charge is 0.462 e. The van der Waals surface area contributed by atoms with Crippen molar-refractivity contribution in [3.05, 3.63) is 59.5 Å². The molecule has 1 unspecified atom stereocenters. The van der Waals surface area contributed by atoms with Crippen LogP contribution < -0.4 is 15.4 Å². The van der Waals surface area contributed by atoms with Crippen LogP contribution in [0.15, 0.2) is 30.9 Å². The van der Waals surface area contributed by atoms with E-state index in [-0.39, 0.29) is 68.2 Å². The third-order valence-corrected chi connectivity index (χ3v) is 10.5. The highest BCUT2D eigenvalue weighted by atomic mass is 32.1. The van der Waals surface area contributed by atoms with Crippen LogP contribution in [0.1, 0.15) is 31.7 Å². The van der Waals surface area contributed by atoms with Crippen molar-refractivity contribution in [2.45, 2.75) is 50.5 Å². The molecule has 4 heterocycles. The maximum Gasteiger partial charge on any atom is 0.417 e. The number of likely N-dealkylation sites (N-methyl/N-ethyl adjacent to an activating group) is 2. The third kappa shape index (κ3) is 5.56. The number of aromatic nitrogens is 2. The number of hydrogen-bond donors (Lipinski definition) is 1. The van der Waals surface area contributed by atoms with Gasteiger partial charge in [-0.15, -0.1) is 11.3 Å². The number of nitrogens with zero attached hydrogens (tertiary/aromatic N) is 6. The Balaban J connectivity index is 1.60. The molecule has 2 fully saturated rings. The van der Waals surface area contributed by atoms with Crippen molar-refractivity contribution in [3.8, 4) is 17.1 Å². The van der Waals surface area contributed by atoms with Gasteiger partial charge in [-0.05, 0) is 63.6 Å². The molecular formula is C33H32F5N7O2S. The van der Waals surface area contributed by atoms with E-state index in [4.69, 9.17) is 17.0 Å². The lowest BCUT2D eigenvalue weighted by Gasteiger charge is -2.32. The number of amides is 1. The summed E-state index contributed by atoms with van der Waals surface area (Å²) >= 11 is 0.702. The van der Waals surface area contributed by atoms with E-state index in [2.05, 4.69) is 26.3 Å². The zero-order valence-electron chi connectivity index (χ0n) is 26.4. The predicted octanol–water partition coefficient (Wildman–Crippen LogP) is 7.03. The van der Waals surface area contributed by atoms with Crippen LogP contribution in [-0.2, 0) is 11.0 Å². The maximum absolute atomic E-state index is 17.0. The van der Waals surface area contributed by atoms with Gasteiger partial charge in [0.15, 0.2) is 5.82 Å². The molecule has 252 valence electrons. The number of nitrogens with two attached hydrogens (primary N) is 1. The number of rotatable bonds is 7. The standard InChI is InChI=1S/C33H32F5N7O2S/c1-6-23(46)45-13-11-22(16(45)2)44(5)31-19-14-20(33(36,37)38)24(18-9-10-21(34)29-25(18)28(40-3)30(39)48-29)26(35)27(19)41-32(42-31)47-15-17-8-7-12-43(17)4/h6,9-10,14,16-17,22H,1,7-8,11-13,15,39H2,2,4-5H3/t16-,17+,22?/m1/s1. The highest BCUT2D eigenvalue weighted by Gasteiger charge is 2.40. The van der Waals surface area contributed by atoms with Crippen LogP contribution in [0.25, 0.3) is 37.0 Å². The summed E-state index contributed by atoms with van der Waals surface area (Å²) in [4.78, 5) is 30.0. The van der Waals surface area contributed by atoms with Gasteiger partial charge in [-0.1, -0.05) is 12.6 Å². The second kappa shape index (κ2) is 12.5. The molecule has 2 aliphatic heterocycles. The van der Waals surface area contributed by atoms with Gasteiger partial charge in [-0.3, -0.25) is 4.79 Å². The molecule has 48 heavy (non-hydrogen) atoms. The fourth-order valence-corrected chi connectivity index (χ4v) is 7.83. The number of alkyl halides is 3. The molecule has 0 radical (unpaired) electrons. The van der Waals surface area contributed by atoms with Crippen LogP contribution in [0.2, 0.25) is 0 Å². The smallest absolute Gasteiger partial charge is 0.417 e. The number of nitrogen functional groups attached to an aromatic ring is 1. The summed E-state index contributed by atoms with van der Waals surface area (Å²) in [6.45, 7) is 14.4. The molecule has 9 nitrogen and oxygen atoms in total. The second-order valence-electron chi connectivity index (χ2n) is 12.1. The molecule has 2 saturated heterocycles. The van der Waals surface area contributed by atoms with E-state index in [1.807, 2.05) is 14.0 Å². The molecule has 2 N–H and O–H groups in total. The van der Waals surface area contributed by atoms with Crippen LogP contribution >= 0.6 is 11.3 Å². The van der Waals surface area contributed by atoms with E-state index in [0.29, 0.717) is 24.3 Å². The van der Waals surface area contributed by atoms with Gasteiger partial charge in [0, 0.05) is 42.0 Å². The Kier molecular flexibility index (Phi) is 8.67. The van der Waals surface area contributed by atoms with Crippen LogP contribution in [-0.4, -0.2) is 77.6 Å². The van der Waals surface area contributed by atoms with Gasteiger partial charge in [-0.25, -0.2) is 13.6 Å². The van der Waals surface area contributed by atoms with Gasteiger partial charge in [-0.2, -0.15) is 23.1 Å². The number of benzene rings is 2. The zero-order valence-corrected chi connectivity index (χ0v) is 27.2. The van der Waals surface area contributed by atoms with Crippen LogP contribution in [0.3, 0.4) is 0 Å². The lowest BCUT2D eigenvalue weighted by Crippen LogP contribution is -2.43. The average molecular weight is 686 g/mol. The Morgan fingerprint density at radius 2 is 2.02 bits per heavy atom. The summed E-state index contributed by atoms with van der Waals surface area (Å²) in [6, 6.07) is 1.75. The Hall–Kier alpha value is -4.55. The average Bonchev–Trinajstić information content (AvgIpc) is 3.75. The zero-order chi connectivity index (χ0) is 34.7. The number of fused-ring (bicyclic) bond motifs is 2. The monoisotopic (exact) mass is 685 g/mol. The Morgan fingerprint density at radius 3 is 2.67 bits per heavy atom. The Labute approximate surface area is 277 Å². The SMILES string of the molecule is [C-]#[N+]c1c(N)sc2c(F)ccc(-c3c(C(F)(F)F)cc4c(N(C)C5CCN(C(=O)C=C)[C@@H]5C)nc(OC[C@@H]5CCCN5C)nc4c3F)c12. The predicted molar refractivity (Wildman–Crippen MR) is 175 cm³/mol. The lowest BCUT2D eigenvalue weighted by atomic mass is 9.93. The molecule has 6 rings (SSSR count).